The second kappa shape index (κ2) is 9.32. The standard InChI is InChI=1S/C25H25ClN6OS/c1-15-20(14-27-3)34-25-22(15)23(17-7-9-18(26)10-8-17)28-19(24-30-29-16(2)32(24)25)13-21(33)31-11-5-4-6-12-31/h7-10,19H,4-6,11-14H2,1-2H3/t19-/m0/s1. The lowest BCUT2D eigenvalue weighted by Gasteiger charge is -2.27. The summed E-state index contributed by atoms with van der Waals surface area (Å²) in [4.78, 5) is 25.0. The van der Waals surface area contributed by atoms with Crippen LogP contribution in [0.15, 0.2) is 29.3 Å². The maximum Gasteiger partial charge on any atom is 0.249 e. The van der Waals surface area contributed by atoms with E-state index < -0.39 is 6.04 Å². The lowest BCUT2D eigenvalue weighted by atomic mass is 9.99. The molecule has 0 unspecified atom stereocenters. The highest BCUT2D eigenvalue weighted by Crippen LogP contribution is 2.40. The molecule has 0 saturated carbocycles. The van der Waals surface area contributed by atoms with Crippen molar-refractivity contribution >= 4 is 34.6 Å². The molecule has 9 heteroatoms. The minimum atomic E-state index is -0.454. The van der Waals surface area contributed by atoms with Crippen molar-refractivity contribution in [3.8, 4) is 5.00 Å². The average Bonchev–Trinajstić information content (AvgIpc) is 3.33. The van der Waals surface area contributed by atoms with Crippen molar-refractivity contribution in [3.63, 3.8) is 0 Å². The number of aromatic nitrogens is 3. The Morgan fingerprint density at radius 1 is 1.18 bits per heavy atom. The van der Waals surface area contributed by atoms with Crippen molar-refractivity contribution in [2.45, 2.75) is 52.1 Å². The molecule has 0 radical (unpaired) electrons. The van der Waals surface area contributed by atoms with Crippen LogP contribution in [-0.2, 0) is 11.3 Å². The fourth-order valence-corrected chi connectivity index (χ4v) is 6.14. The van der Waals surface area contributed by atoms with Gasteiger partial charge in [-0.25, -0.2) is 6.57 Å². The molecule has 0 bridgehead atoms. The number of benzene rings is 1. The number of rotatable bonds is 4. The number of aliphatic imine (C=N–C) groups is 1. The van der Waals surface area contributed by atoms with Crippen LogP contribution in [0.25, 0.3) is 9.85 Å². The summed E-state index contributed by atoms with van der Waals surface area (Å²) in [6.45, 7) is 13.3. The number of amides is 1. The highest BCUT2D eigenvalue weighted by molar-refractivity contribution is 7.15. The summed E-state index contributed by atoms with van der Waals surface area (Å²) in [6.07, 6.45) is 3.51. The molecule has 0 aliphatic carbocycles. The van der Waals surface area contributed by atoms with Crippen LogP contribution in [0.5, 0.6) is 0 Å². The van der Waals surface area contributed by atoms with E-state index in [0.717, 1.165) is 64.0 Å². The van der Waals surface area contributed by atoms with Gasteiger partial charge in [-0.2, -0.15) is 0 Å². The van der Waals surface area contributed by atoms with Gasteiger partial charge in [-0.1, -0.05) is 23.7 Å². The second-order valence-electron chi connectivity index (χ2n) is 8.73. The average molecular weight is 493 g/mol. The van der Waals surface area contributed by atoms with Crippen LogP contribution in [0.2, 0.25) is 5.02 Å². The SMILES string of the molecule is [C-]#[N+]Cc1sc2c(c1C)C(c1ccc(Cl)cc1)=N[C@@H](CC(=O)N1CCCCC1)c1nnc(C)n1-2. The number of halogens is 1. The fourth-order valence-electron chi connectivity index (χ4n) is 4.73. The second-order valence-corrected chi connectivity index (χ2v) is 10.3. The third kappa shape index (κ3) is 4.04. The van der Waals surface area contributed by atoms with Crippen molar-refractivity contribution in [2.24, 2.45) is 4.99 Å². The molecule has 5 rings (SSSR count). The molecule has 1 saturated heterocycles. The van der Waals surface area contributed by atoms with Gasteiger partial charge in [0.1, 0.15) is 16.9 Å². The summed E-state index contributed by atoms with van der Waals surface area (Å²) in [5.41, 5.74) is 3.74. The molecular weight excluding hydrogens is 468 g/mol. The lowest BCUT2D eigenvalue weighted by Crippen LogP contribution is -2.36. The molecule has 2 aliphatic rings. The van der Waals surface area contributed by atoms with E-state index in [1.807, 2.05) is 47.6 Å². The molecule has 4 heterocycles. The molecule has 0 spiro atoms. The molecule has 1 amide bonds. The third-order valence-corrected chi connectivity index (χ3v) is 8.03. The topological polar surface area (TPSA) is 67.7 Å². The summed E-state index contributed by atoms with van der Waals surface area (Å²) in [5.74, 6) is 1.52. The maximum atomic E-state index is 13.3. The Labute approximate surface area is 207 Å². The van der Waals surface area contributed by atoms with Gasteiger partial charge in [-0.05, 0) is 50.8 Å². The van der Waals surface area contributed by atoms with Crippen LogP contribution >= 0.6 is 22.9 Å². The number of carbonyl (C=O) groups is 1. The Hall–Kier alpha value is -3.02. The van der Waals surface area contributed by atoms with E-state index in [1.165, 1.54) is 6.42 Å². The molecule has 7 nitrogen and oxygen atoms in total. The molecule has 2 aromatic heterocycles. The van der Waals surface area contributed by atoms with Gasteiger partial charge in [-0.3, -0.25) is 14.4 Å². The summed E-state index contributed by atoms with van der Waals surface area (Å²) in [5, 5.41) is 10.4. The van der Waals surface area contributed by atoms with Crippen molar-refractivity contribution in [2.75, 3.05) is 13.1 Å². The van der Waals surface area contributed by atoms with Crippen LogP contribution in [0, 0.1) is 20.4 Å². The summed E-state index contributed by atoms with van der Waals surface area (Å²) in [7, 11) is 0. The normalized spacial score (nSPS) is 17.4. The Morgan fingerprint density at radius 3 is 2.62 bits per heavy atom. The minimum absolute atomic E-state index is 0.104. The minimum Gasteiger partial charge on any atom is -0.343 e. The van der Waals surface area contributed by atoms with E-state index in [1.54, 1.807) is 11.3 Å². The number of hydrogen-bond acceptors (Lipinski definition) is 5. The van der Waals surface area contributed by atoms with Gasteiger partial charge in [0.15, 0.2) is 5.82 Å². The predicted molar refractivity (Wildman–Crippen MR) is 134 cm³/mol. The molecule has 1 fully saturated rings. The molecule has 0 N–H and O–H groups in total. The number of nitrogens with zero attached hydrogens (tertiary/aromatic N) is 6. The van der Waals surface area contributed by atoms with Gasteiger partial charge < -0.3 is 9.74 Å². The molecule has 3 aromatic rings. The Bertz CT molecular complexity index is 1310. The molecule has 34 heavy (non-hydrogen) atoms. The Balaban J connectivity index is 1.67. The number of carbonyl (C=O) groups excluding carboxylic acids is 1. The Morgan fingerprint density at radius 2 is 1.91 bits per heavy atom. The van der Waals surface area contributed by atoms with Gasteiger partial charge in [0.05, 0.1) is 17.0 Å². The first-order valence-corrected chi connectivity index (χ1v) is 12.7. The molecule has 1 aromatic carbocycles. The van der Waals surface area contributed by atoms with Crippen LogP contribution in [0.4, 0.5) is 0 Å². The van der Waals surface area contributed by atoms with E-state index >= 15 is 0 Å². The number of hydrogen-bond donors (Lipinski definition) is 0. The highest BCUT2D eigenvalue weighted by Gasteiger charge is 2.34. The van der Waals surface area contributed by atoms with Crippen molar-refractivity contribution in [1.29, 1.82) is 0 Å². The first-order chi connectivity index (χ1) is 16.5. The summed E-state index contributed by atoms with van der Waals surface area (Å²) in [6, 6.07) is 7.17. The zero-order chi connectivity index (χ0) is 23.8. The first-order valence-electron chi connectivity index (χ1n) is 11.5. The van der Waals surface area contributed by atoms with Crippen LogP contribution in [0.1, 0.15) is 64.9 Å². The number of piperidine rings is 1. The summed E-state index contributed by atoms with van der Waals surface area (Å²) >= 11 is 7.75. The van der Waals surface area contributed by atoms with E-state index in [2.05, 4.69) is 15.0 Å². The van der Waals surface area contributed by atoms with Crippen LogP contribution in [0.3, 0.4) is 0 Å². The van der Waals surface area contributed by atoms with Crippen LogP contribution in [-0.4, -0.2) is 44.4 Å². The van der Waals surface area contributed by atoms with Crippen molar-refractivity contribution < 1.29 is 4.79 Å². The van der Waals surface area contributed by atoms with Gasteiger partial charge in [0, 0.05) is 29.2 Å². The number of likely N-dealkylation sites (tertiary alicyclic amines) is 1. The highest BCUT2D eigenvalue weighted by atomic mass is 35.5. The molecular formula is C25H25ClN6OS. The van der Waals surface area contributed by atoms with Gasteiger partial charge in [0.25, 0.3) is 0 Å². The van der Waals surface area contributed by atoms with Crippen molar-refractivity contribution in [3.05, 3.63) is 73.9 Å². The van der Waals surface area contributed by atoms with E-state index in [-0.39, 0.29) is 12.3 Å². The largest absolute Gasteiger partial charge is 0.343 e. The summed E-state index contributed by atoms with van der Waals surface area (Å²) < 4.78 is 2.03. The quantitative estimate of drug-likeness (QED) is 0.463. The zero-order valence-electron chi connectivity index (χ0n) is 19.2. The van der Waals surface area contributed by atoms with E-state index in [4.69, 9.17) is 23.2 Å². The smallest absolute Gasteiger partial charge is 0.249 e. The number of thiophene rings is 1. The number of fused-ring (bicyclic) bond motifs is 3. The predicted octanol–water partition coefficient (Wildman–Crippen LogP) is 5.31. The molecule has 174 valence electrons. The van der Waals surface area contributed by atoms with Gasteiger partial charge in [0.2, 0.25) is 12.5 Å². The Kier molecular flexibility index (Phi) is 6.24. The van der Waals surface area contributed by atoms with Gasteiger partial charge >= 0.3 is 0 Å². The first kappa shape index (κ1) is 22.8. The lowest BCUT2D eigenvalue weighted by molar-refractivity contribution is -0.132. The molecule has 2 aliphatic heterocycles. The maximum absolute atomic E-state index is 13.3. The van der Waals surface area contributed by atoms with E-state index in [9.17, 15) is 4.79 Å². The fraction of sp³-hybridized carbons (Fsp3) is 0.400. The third-order valence-electron chi connectivity index (χ3n) is 6.52. The van der Waals surface area contributed by atoms with Crippen molar-refractivity contribution in [1.82, 2.24) is 19.7 Å². The van der Waals surface area contributed by atoms with E-state index in [0.29, 0.717) is 17.4 Å². The van der Waals surface area contributed by atoms with Crippen LogP contribution < -0.4 is 0 Å². The monoisotopic (exact) mass is 492 g/mol. The van der Waals surface area contributed by atoms with Gasteiger partial charge in [-0.15, -0.1) is 21.5 Å². The molecule has 1 atom stereocenters. The number of aryl methyl sites for hydroxylation is 1. The zero-order valence-corrected chi connectivity index (χ0v) is 20.8.